The number of aliphatic hydroxyl groups excluding tert-OH is 1. The number of rotatable bonds is 3. The summed E-state index contributed by atoms with van der Waals surface area (Å²) in [4.78, 5) is 0. The lowest BCUT2D eigenvalue weighted by atomic mass is 10.2. The molecule has 0 aliphatic rings. The average molecular weight is 114 g/mol. The highest BCUT2D eigenvalue weighted by Crippen LogP contribution is 1.87. The third-order valence-electron chi connectivity index (χ3n) is 0.690. The van der Waals surface area contributed by atoms with Gasteiger partial charge in [-0.25, -0.2) is 0 Å². The lowest BCUT2D eigenvalue weighted by Gasteiger charge is -1.98. The summed E-state index contributed by atoms with van der Waals surface area (Å²) in [5.74, 6) is 0. The number of hydrogen-bond acceptors (Lipinski definition) is 3. The molecule has 0 unspecified atom stereocenters. The summed E-state index contributed by atoms with van der Waals surface area (Å²) in [6.45, 7) is 1.60. The Morgan fingerprint density at radius 3 is 2.50 bits per heavy atom. The second kappa shape index (κ2) is 3.32. The predicted molar refractivity (Wildman–Crippen MR) is 32.8 cm³/mol. The van der Waals surface area contributed by atoms with Crippen LogP contribution >= 0.6 is 0 Å². The molecule has 0 aromatic rings. The van der Waals surface area contributed by atoms with E-state index in [0.717, 1.165) is 6.21 Å². The SMILES string of the molecule is C[C@H](O)CC(=N)C=N. The van der Waals surface area contributed by atoms with Gasteiger partial charge in [-0.3, -0.25) is 0 Å². The summed E-state index contributed by atoms with van der Waals surface area (Å²) >= 11 is 0. The van der Waals surface area contributed by atoms with Gasteiger partial charge in [0, 0.05) is 12.6 Å². The smallest absolute Gasteiger partial charge is 0.0567 e. The van der Waals surface area contributed by atoms with Gasteiger partial charge in [0.15, 0.2) is 0 Å². The molecule has 0 saturated heterocycles. The van der Waals surface area contributed by atoms with E-state index in [-0.39, 0.29) is 12.1 Å². The van der Waals surface area contributed by atoms with Crippen molar-refractivity contribution >= 4 is 11.9 Å². The van der Waals surface area contributed by atoms with Crippen molar-refractivity contribution in [1.29, 1.82) is 10.8 Å². The first-order valence-corrected chi connectivity index (χ1v) is 2.42. The molecule has 0 rings (SSSR count). The van der Waals surface area contributed by atoms with Gasteiger partial charge >= 0.3 is 0 Å². The Morgan fingerprint density at radius 1 is 1.88 bits per heavy atom. The second-order valence-corrected chi connectivity index (χ2v) is 1.72. The van der Waals surface area contributed by atoms with Crippen LogP contribution in [0.15, 0.2) is 0 Å². The molecule has 1 atom stereocenters. The summed E-state index contributed by atoms with van der Waals surface area (Å²) in [6, 6.07) is 0. The van der Waals surface area contributed by atoms with Crippen molar-refractivity contribution in [3.8, 4) is 0 Å². The van der Waals surface area contributed by atoms with Crippen LogP contribution in [0.25, 0.3) is 0 Å². The van der Waals surface area contributed by atoms with Crippen LogP contribution in [0.3, 0.4) is 0 Å². The van der Waals surface area contributed by atoms with Crippen molar-refractivity contribution in [3.63, 3.8) is 0 Å². The van der Waals surface area contributed by atoms with E-state index in [1.807, 2.05) is 0 Å². The van der Waals surface area contributed by atoms with Crippen LogP contribution in [0.4, 0.5) is 0 Å². The first kappa shape index (κ1) is 7.30. The summed E-state index contributed by atoms with van der Waals surface area (Å²) < 4.78 is 0. The van der Waals surface area contributed by atoms with Crippen molar-refractivity contribution in [1.82, 2.24) is 0 Å². The van der Waals surface area contributed by atoms with Gasteiger partial charge in [-0.1, -0.05) is 0 Å². The summed E-state index contributed by atoms with van der Waals surface area (Å²) in [7, 11) is 0. The van der Waals surface area contributed by atoms with Gasteiger partial charge in [0.05, 0.1) is 11.8 Å². The van der Waals surface area contributed by atoms with E-state index in [1.54, 1.807) is 6.92 Å². The molecule has 0 aliphatic heterocycles. The monoisotopic (exact) mass is 114 g/mol. The molecule has 0 aliphatic carbocycles. The fourth-order valence-electron chi connectivity index (χ4n) is 0.377. The highest BCUT2D eigenvalue weighted by Gasteiger charge is 1.96. The molecule has 0 bridgehead atoms. The molecule has 8 heavy (non-hydrogen) atoms. The Balaban J connectivity index is 3.39. The lowest BCUT2D eigenvalue weighted by molar-refractivity contribution is 0.203. The van der Waals surface area contributed by atoms with E-state index < -0.39 is 6.10 Å². The van der Waals surface area contributed by atoms with Crippen molar-refractivity contribution < 1.29 is 5.11 Å². The van der Waals surface area contributed by atoms with Crippen LogP contribution < -0.4 is 0 Å². The first-order valence-electron chi connectivity index (χ1n) is 2.42. The normalized spacial score (nSPS) is 12.8. The van der Waals surface area contributed by atoms with Gasteiger partial charge in [0.1, 0.15) is 0 Å². The molecule has 0 spiro atoms. The van der Waals surface area contributed by atoms with Crippen LogP contribution in [0.5, 0.6) is 0 Å². The Labute approximate surface area is 48.4 Å². The van der Waals surface area contributed by atoms with Crippen molar-refractivity contribution in [3.05, 3.63) is 0 Å². The third-order valence-corrected chi connectivity index (χ3v) is 0.690. The minimum Gasteiger partial charge on any atom is -0.393 e. The minimum atomic E-state index is -0.496. The topological polar surface area (TPSA) is 67.9 Å². The van der Waals surface area contributed by atoms with Gasteiger partial charge in [0.2, 0.25) is 0 Å². The standard InChI is InChI=1S/C5H10N2O/c1-4(8)2-5(7)3-6/h3-4,6-8H,2H2,1H3/t4-/m0/s1. The molecule has 0 aromatic heterocycles. The molecule has 3 heteroatoms. The molecular formula is C5H10N2O. The highest BCUT2D eigenvalue weighted by molar-refractivity contribution is 6.27. The summed E-state index contributed by atoms with van der Waals surface area (Å²) in [6.07, 6.45) is 0.722. The first-order chi connectivity index (χ1) is 3.66. The van der Waals surface area contributed by atoms with Crippen LogP contribution in [0.2, 0.25) is 0 Å². The van der Waals surface area contributed by atoms with E-state index in [1.165, 1.54) is 0 Å². The van der Waals surface area contributed by atoms with Crippen LogP contribution in [0.1, 0.15) is 13.3 Å². The van der Waals surface area contributed by atoms with Gasteiger partial charge in [-0.2, -0.15) is 0 Å². The van der Waals surface area contributed by atoms with Gasteiger partial charge in [-0.05, 0) is 6.92 Å². The molecule has 0 heterocycles. The van der Waals surface area contributed by atoms with E-state index in [0.29, 0.717) is 0 Å². The molecule has 46 valence electrons. The third kappa shape index (κ3) is 3.49. The number of hydrogen-bond donors (Lipinski definition) is 3. The van der Waals surface area contributed by atoms with E-state index in [4.69, 9.17) is 15.9 Å². The largest absolute Gasteiger partial charge is 0.393 e. The zero-order valence-corrected chi connectivity index (χ0v) is 4.81. The molecule has 0 amide bonds. The van der Waals surface area contributed by atoms with Crippen molar-refractivity contribution in [2.75, 3.05) is 0 Å². The van der Waals surface area contributed by atoms with Crippen LogP contribution in [0, 0.1) is 10.8 Å². The average Bonchev–Trinajstić information content (AvgIpc) is 1.65. The molecule has 0 radical (unpaired) electrons. The lowest BCUT2D eigenvalue weighted by Crippen LogP contribution is -2.08. The summed E-state index contributed by atoms with van der Waals surface area (Å²) in [5.41, 5.74) is 0.167. The fourth-order valence-corrected chi connectivity index (χ4v) is 0.377. The Kier molecular flexibility index (Phi) is 3.03. The molecule has 0 aromatic carbocycles. The molecule has 0 saturated carbocycles. The van der Waals surface area contributed by atoms with Gasteiger partial charge in [-0.15, -0.1) is 0 Å². The predicted octanol–water partition coefficient (Wildman–Crippen LogP) is 0.427. The second-order valence-electron chi connectivity index (χ2n) is 1.72. The van der Waals surface area contributed by atoms with E-state index in [2.05, 4.69) is 0 Å². The Morgan fingerprint density at radius 2 is 2.38 bits per heavy atom. The van der Waals surface area contributed by atoms with Crippen molar-refractivity contribution in [2.45, 2.75) is 19.4 Å². The molecule has 3 N–H and O–H groups in total. The quantitative estimate of drug-likeness (QED) is 0.457. The Hall–Kier alpha value is -0.700. The molecule has 0 fully saturated rings. The maximum absolute atomic E-state index is 8.61. The van der Waals surface area contributed by atoms with Crippen LogP contribution in [-0.4, -0.2) is 23.1 Å². The highest BCUT2D eigenvalue weighted by atomic mass is 16.3. The number of nitrogens with one attached hydrogen (secondary N) is 2. The zero-order chi connectivity index (χ0) is 6.57. The van der Waals surface area contributed by atoms with E-state index >= 15 is 0 Å². The summed E-state index contributed by atoms with van der Waals surface area (Å²) in [5, 5.41) is 22.0. The van der Waals surface area contributed by atoms with Gasteiger partial charge < -0.3 is 15.9 Å². The zero-order valence-electron chi connectivity index (χ0n) is 4.81. The molecule has 3 nitrogen and oxygen atoms in total. The minimum absolute atomic E-state index is 0.167. The molecular weight excluding hydrogens is 104 g/mol. The van der Waals surface area contributed by atoms with E-state index in [9.17, 15) is 0 Å². The van der Waals surface area contributed by atoms with Crippen LogP contribution in [-0.2, 0) is 0 Å². The number of aliphatic hydroxyl groups is 1. The van der Waals surface area contributed by atoms with Gasteiger partial charge in [0.25, 0.3) is 0 Å². The Bertz CT molecular complexity index is 98.6. The maximum Gasteiger partial charge on any atom is 0.0567 e. The fraction of sp³-hybridized carbons (Fsp3) is 0.600. The maximum atomic E-state index is 8.61. The van der Waals surface area contributed by atoms with Crippen molar-refractivity contribution in [2.24, 2.45) is 0 Å².